The average molecular weight is 837 g/mol. The zero-order chi connectivity index (χ0) is 40.0. The van der Waals surface area contributed by atoms with E-state index >= 15 is 0 Å². The molecule has 0 saturated heterocycles. The molecule has 0 unspecified atom stereocenters. The quantitative estimate of drug-likeness (QED) is 0.0364. The molecule has 1 amide bonds. The second-order valence-corrected chi connectivity index (χ2v) is 18.1. The minimum absolute atomic E-state index is 0.00753. The third kappa shape index (κ3) is 12.8. The Balaban J connectivity index is 1.17. The number of aliphatic hydroxyl groups excluding tert-OH is 1. The van der Waals surface area contributed by atoms with Crippen molar-refractivity contribution in [1.82, 2.24) is 15.4 Å². The molecule has 5 aromatic carbocycles. The third-order valence-corrected chi connectivity index (χ3v) is 12.6. The Morgan fingerprint density at radius 1 is 0.786 bits per heavy atom. The highest BCUT2D eigenvalue weighted by molar-refractivity contribution is 7.99. The lowest BCUT2D eigenvalue weighted by Gasteiger charge is -2.22. The van der Waals surface area contributed by atoms with E-state index in [0.717, 1.165) is 39.6 Å². The molecule has 0 aliphatic carbocycles. The number of benzene rings is 5. The molecule has 11 nitrogen and oxygen atoms in total. The van der Waals surface area contributed by atoms with E-state index < -0.39 is 25.8 Å². The highest BCUT2D eigenvalue weighted by Crippen LogP contribution is 2.29. The lowest BCUT2D eigenvalue weighted by molar-refractivity contribution is 0.0981. The fourth-order valence-electron chi connectivity index (χ4n) is 5.79. The van der Waals surface area contributed by atoms with Gasteiger partial charge in [0, 0.05) is 65.4 Å². The van der Waals surface area contributed by atoms with Crippen molar-refractivity contribution in [2.24, 2.45) is 0 Å². The molecule has 6 N–H and O–H groups in total. The van der Waals surface area contributed by atoms with Crippen LogP contribution in [-0.2, 0) is 26.4 Å². The van der Waals surface area contributed by atoms with Gasteiger partial charge < -0.3 is 26.4 Å². The number of halogens is 1. The van der Waals surface area contributed by atoms with Gasteiger partial charge in [0.05, 0.1) is 22.1 Å². The maximum Gasteiger partial charge on any atom is 0.264 e. The van der Waals surface area contributed by atoms with E-state index in [4.69, 9.17) is 16.7 Å². The van der Waals surface area contributed by atoms with Gasteiger partial charge in [-0.15, -0.1) is 11.8 Å². The lowest BCUT2D eigenvalue weighted by Crippen LogP contribution is -2.31. The molecule has 0 heterocycles. The molecule has 0 aromatic heterocycles. The number of anilines is 2. The molecule has 296 valence electrons. The van der Waals surface area contributed by atoms with Crippen molar-refractivity contribution >= 4 is 60.5 Å². The minimum atomic E-state index is -4.44. The van der Waals surface area contributed by atoms with Gasteiger partial charge in [0.15, 0.2) is 9.84 Å². The Morgan fingerprint density at radius 3 is 2.21 bits per heavy atom. The number of sulfonamides is 1. The van der Waals surface area contributed by atoms with E-state index in [0.29, 0.717) is 49.9 Å². The summed E-state index contributed by atoms with van der Waals surface area (Å²) in [6.45, 7) is 2.91. The van der Waals surface area contributed by atoms with Crippen LogP contribution in [0.1, 0.15) is 22.3 Å². The Kier molecular flexibility index (Phi) is 15.8. The number of sulfone groups is 1. The van der Waals surface area contributed by atoms with E-state index in [1.807, 2.05) is 66.7 Å². The van der Waals surface area contributed by atoms with Crippen molar-refractivity contribution in [3.05, 3.63) is 137 Å². The van der Waals surface area contributed by atoms with Crippen LogP contribution in [0.5, 0.6) is 0 Å². The van der Waals surface area contributed by atoms with E-state index in [1.54, 1.807) is 23.9 Å². The molecule has 0 aliphatic rings. The van der Waals surface area contributed by atoms with Crippen LogP contribution in [0.2, 0.25) is 5.02 Å². The molecular formula is C41H46ClN5O6S3. The van der Waals surface area contributed by atoms with Crippen molar-refractivity contribution in [2.45, 2.75) is 33.7 Å². The Labute approximate surface area is 338 Å². The third-order valence-electron chi connectivity index (χ3n) is 8.67. The lowest BCUT2D eigenvalue weighted by atomic mass is 10.00. The summed E-state index contributed by atoms with van der Waals surface area (Å²) in [5.41, 5.74) is 4.48. The monoisotopic (exact) mass is 835 g/mol. The first-order valence-corrected chi connectivity index (χ1v) is 22.7. The summed E-state index contributed by atoms with van der Waals surface area (Å²) in [7, 11) is -8.33. The molecule has 0 fully saturated rings. The first-order chi connectivity index (χ1) is 26.9. The van der Waals surface area contributed by atoms with Crippen molar-refractivity contribution in [1.29, 1.82) is 0 Å². The maximum absolute atomic E-state index is 13.4. The summed E-state index contributed by atoms with van der Waals surface area (Å²) >= 11 is 7.66. The summed E-state index contributed by atoms with van der Waals surface area (Å²) in [5, 5.41) is 23.0. The number of hydrogen-bond donors (Lipinski definition) is 6. The number of thioether (sulfide) groups is 1. The molecule has 56 heavy (non-hydrogen) atoms. The van der Waals surface area contributed by atoms with Gasteiger partial charge in [-0.05, 0) is 96.4 Å². The molecule has 0 aliphatic heterocycles. The van der Waals surface area contributed by atoms with E-state index in [2.05, 4.69) is 38.1 Å². The van der Waals surface area contributed by atoms with Crippen LogP contribution in [-0.4, -0.2) is 78.7 Å². The van der Waals surface area contributed by atoms with Crippen LogP contribution in [0.25, 0.3) is 11.1 Å². The van der Waals surface area contributed by atoms with Crippen molar-refractivity contribution in [2.75, 3.05) is 55.4 Å². The van der Waals surface area contributed by atoms with Crippen LogP contribution in [0.3, 0.4) is 0 Å². The molecule has 15 heteroatoms. The number of rotatable bonds is 21. The number of aliphatic hydroxyl groups is 1. The zero-order valence-electron chi connectivity index (χ0n) is 30.9. The van der Waals surface area contributed by atoms with Crippen molar-refractivity contribution < 1.29 is 26.7 Å². The largest absolute Gasteiger partial charge is 0.395 e. The SMILES string of the molecule is CS(=O)(=O)c1cc(S(=O)(=O)NC(=O)c2ccc(NCCNCc3ccccc3-c3ccc(Cl)cc3)cc2)ccc1N[C@H](CCNCCO)CSc1ccccc1. The Morgan fingerprint density at radius 2 is 1.50 bits per heavy atom. The average Bonchev–Trinajstić information content (AvgIpc) is 3.19. The van der Waals surface area contributed by atoms with Crippen LogP contribution in [0.15, 0.2) is 136 Å². The molecule has 1 atom stereocenters. The second-order valence-electron chi connectivity index (χ2n) is 12.9. The molecule has 0 bridgehead atoms. The highest BCUT2D eigenvalue weighted by atomic mass is 35.5. The molecule has 5 rings (SSSR count). The summed E-state index contributed by atoms with van der Waals surface area (Å²) in [4.78, 5) is 13.6. The topological polar surface area (TPSA) is 166 Å². The summed E-state index contributed by atoms with van der Waals surface area (Å²) in [6.07, 6.45) is 1.61. The molecule has 0 radical (unpaired) electrons. The molecule has 0 spiro atoms. The van der Waals surface area contributed by atoms with Crippen molar-refractivity contribution in [3.63, 3.8) is 0 Å². The fourth-order valence-corrected chi connectivity index (χ4v) is 8.85. The summed E-state index contributed by atoms with van der Waals surface area (Å²) in [5.74, 6) is -0.259. The number of nitrogens with one attached hydrogen (secondary N) is 5. The predicted molar refractivity (Wildman–Crippen MR) is 227 cm³/mol. The fraction of sp³-hybridized carbons (Fsp3) is 0.244. The smallest absolute Gasteiger partial charge is 0.264 e. The van der Waals surface area contributed by atoms with Crippen LogP contribution >= 0.6 is 23.4 Å². The first-order valence-electron chi connectivity index (χ1n) is 18.0. The standard InChI is InChI=1S/C41H46ClN5O6S3/c1-55(50,51)40-27-37(19-20-39(40)46-35(21-22-43-25-26-48)29-54-36-8-3-2-4-9-36)56(52,53)47-41(49)31-13-17-34(18-14-31)45-24-23-44-28-32-7-5-6-10-38(32)30-11-15-33(42)16-12-30/h2-20,27,35,43-46,48H,21-26,28-29H2,1H3,(H,47,49)/t35-/m1/s1. The van der Waals surface area contributed by atoms with Gasteiger partial charge >= 0.3 is 0 Å². The molecular weight excluding hydrogens is 790 g/mol. The summed E-state index contributed by atoms with van der Waals surface area (Å²) in [6, 6.07) is 35.6. The van der Waals surface area contributed by atoms with E-state index in [1.165, 1.54) is 24.3 Å². The highest BCUT2D eigenvalue weighted by Gasteiger charge is 2.24. The minimum Gasteiger partial charge on any atom is -0.395 e. The first kappa shape index (κ1) is 42.7. The van der Waals surface area contributed by atoms with E-state index in [-0.39, 0.29) is 33.7 Å². The van der Waals surface area contributed by atoms with Gasteiger partial charge in [-0.1, -0.05) is 66.2 Å². The van der Waals surface area contributed by atoms with Gasteiger partial charge in [-0.25, -0.2) is 21.6 Å². The Bertz CT molecular complexity index is 2260. The molecule has 0 saturated carbocycles. The number of carbonyl (C=O) groups excluding carboxylic acids is 1. The normalized spacial score (nSPS) is 12.2. The number of amides is 1. The van der Waals surface area contributed by atoms with Gasteiger partial charge in [-0.2, -0.15) is 0 Å². The second kappa shape index (κ2) is 20.7. The van der Waals surface area contributed by atoms with Crippen LogP contribution in [0.4, 0.5) is 11.4 Å². The number of carbonyl (C=O) groups is 1. The maximum atomic E-state index is 13.4. The van der Waals surface area contributed by atoms with Gasteiger partial charge in [0.2, 0.25) is 0 Å². The van der Waals surface area contributed by atoms with Gasteiger partial charge in [0.25, 0.3) is 15.9 Å². The van der Waals surface area contributed by atoms with Crippen LogP contribution < -0.4 is 26.0 Å². The Hall–Kier alpha value is -4.41. The zero-order valence-corrected chi connectivity index (χ0v) is 34.1. The molecule has 5 aromatic rings. The summed E-state index contributed by atoms with van der Waals surface area (Å²) < 4.78 is 54.7. The van der Waals surface area contributed by atoms with E-state index in [9.17, 15) is 21.6 Å². The predicted octanol–water partition coefficient (Wildman–Crippen LogP) is 6.28. The van der Waals surface area contributed by atoms with Gasteiger partial charge in [0.1, 0.15) is 0 Å². The van der Waals surface area contributed by atoms with Crippen LogP contribution in [0, 0.1) is 0 Å². The van der Waals surface area contributed by atoms with Gasteiger partial charge in [-0.3, -0.25) is 4.79 Å². The van der Waals surface area contributed by atoms with Crippen molar-refractivity contribution in [3.8, 4) is 11.1 Å². The number of hydrogen-bond acceptors (Lipinski definition) is 11.